The van der Waals surface area contributed by atoms with E-state index in [0.717, 1.165) is 25.3 Å². The number of methoxy groups -OCH3 is 1. The van der Waals surface area contributed by atoms with Crippen LogP contribution < -0.4 is 10.1 Å². The number of nitrogens with zero attached hydrogens (tertiary/aromatic N) is 1. The molecular weight excluding hydrogens is 436 g/mol. The van der Waals surface area contributed by atoms with Gasteiger partial charge in [-0.2, -0.15) is 4.31 Å². The van der Waals surface area contributed by atoms with Crippen molar-refractivity contribution in [2.45, 2.75) is 31.1 Å². The number of benzene rings is 1. The Labute approximate surface area is 187 Å². The van der Waals surface area contributed by atoms with Crippen molar-refractivity contribution < 1.29 is 31.9 Å². The van der Waals surface area contributed by atoms with Gasteiger partial charge in [-0.3, -0.25) is 4.79 Å². The second-order valence-corrected chi connectivity index (χ2v) is 9.20. The molecule has 1 aromatic heterocycles. The maximum absolute atomic E-state index is 12.9. The molecule has 1 aliphatic rings. The number of carbonyl (C=O) groups is 2. The van der Waals surface area contributed by atoms with Crippen LogP contribution in [0.25, 0.3) is 6.08 Å². The molecule has 1 amide bonds. The lowest BCUT2D eigenvalue weighted by Gasteiger charge is -2.26. The van der Waals surface area contributed by atoms with Gasteiger partial charge < -0.3 is 19.2 Å². The molecule has 0 saturated carbocycles. The first-order chi connectivity index (χ1) is 15.3. The smallest absolute Gasteiger partial charge is 0.331 e. The van der Waals surface area contributed by atoms with Crippen molar-refractivity contribution in [3.63, 3.8) is 0 Å². The Morgan fingerprint density at radius 2 is 1.91 bits per heavy atom. The average Bonchev–Trinajstić information content (AvgIpc) is 3.22. The molecule has 2 heterocycles. The van der Waals surface area contributed by atoms with Gasteiger partial charge in [0.2, 0.25) is 10.0 Å². The molecule has 1 aromatic carbocycles. The summed E-state index contributed by atoms with van der Waals surface area (Å²) in [5, 5.41) is 2.54. The Balaban J connectivity index is 1.63. The molecule has 0 unspecified atom stereocenters. The average molecular weight is 463 g/mol. The molecule has 1 fully saturated rings. The van der Waals surface area contributed by atoms with Crippen LogP contribution in [0.5, 0.6) is 5.75 Å². The zero-order valence-corrected chi connectivity index (χ0v) is 18.8. The van der Waals surface area contributed by atoms with E-state index in [-0.39, 0.29) is 16.3 Å². The Morgan fingerprint density at radius 1 is 1.16 bits per heavy atom. The lowest BCUT2D eigenvalue weighted by atomic mass is 10.2. The maximum atomic E-state index is 12.9. The zero-order valence-electron chi connectivity index (χ0n) is 18.0. The van der Waals surface area contributed by atoms with E-state index >= 15 is 0 Å². The number of nitrogens with one attached hydrogen (secondary N) is 1. The zero-order chi connectivity index (χ0) is 23.1. The lowest BCUT2D eigenvalue weighted by molar-refractivity contribution is -0.142. The Hall–Kier alpha value is -3.11. The van der Waals surface area contributed by atoms with Gasteiger partial charge in [0.15, 0.2) is 6.61 Å². The van der Waals surface area contributed by atoms with E-state index < -0.39 is 28.5 Å². The molecule has 1 aliphatic heterocycles. The summed E-state index contributed by atoms with van der Waals surface area (Å²) in [6, 6.07) is 7.72. The Kier molecular flexibility index (Phi) is 7.70. The van der Waals surface area contributed by atoms with Crippen molar-refractivity contribution in [1.29, 1.82) is 0 Å². The number of amides is 1. The molecule has 1 N–H and O–H groups in total. The number of carbonyl (C=O) groups excluding carboxylic acids is 2. The van der Waals surface area contributed by atoms with Gasteiger partial charge in [0.05, 0.1) is 17.7 Å². The van der Waals surface area contributed by atoms with Crippen LogP contribution in [0.1, 0.15) is 30.8 Å². The van der Waals surface area contributed by atoms with E-state index in [1.165, 1.54) is 35.7 Å². The minimum absolute atomic E-state index is 0.0594. The van der Waals surface area contributed by atoms with Gasteiger partial charge in [-0.1, -0.05) is 6.42 Å². The van der Waals surface area contributed by atoms with Crippen LogP contribution in [0.4, 0.5) is 5.69 Å². The lowest BCUT2D eigenvalue weighted by Crippen LogP contribution is -2.35. The number of aryl methyl sites for hydroxylation is 1. The van der Waals surface area contributed by atoms with Crippen LogP contribution in [0.15, 0.2) is 45.7 Å². The summed E-state index contributed by atoms with van der Waals surface area (Å²) in [7, 11) is -2.27. The van der Waals surface area contributed by atoms with Crippen LogP contribution in [-0.2, 0) is 24.3 Å². The van der Waals surface area contributed by atoms with Crippen LogP contribution >= 0.6 is 0 Å². The van der Waals surface area contributed by atoms with Crippen LogP contribution in [0.3, 0.4) is 0 Å². The largest absolute Gasteiger partial charge is 0.495 e. The van der Waals surface area contributed by atoms with Gasteiger partial charge in [-0.25, -0.2) is 13.2 Å². The summed E-state index contributed by atoms with van der Waals surface area (Å²) in [6.45, 7) is 2.17. The third-order valence-electron chi connectivity index (χ3n) is 4.89. The van der Waals surface area contributed by atoms with E-state index in [0.29, 0.717) is 24.6 Å². The highest BCUT2D eigenvalue weighted by Gasteiger charge is 2.27. The molecule has 0 aliphatic carbocycles. The van der Waals surface area contributed by atoms with Crippen molar-refractivity contribution in [2.24, 2.45) is 0 Å². The number of hydrogen-bond acceptors (Lipinski definition) is 7. The van der Waals surface area contributed by atoms with Gasteiger partial charge in [-0.15, -0.1) is 0 Å². The number of piperidine rings is 1. The van der Waals surface area contributed by atoms with E-state index in [9.17, 15) is 18.0 Å². The summed E-state index contributed by atoms with van der Waals surface area (Å²) >= 11 is 0. The van der Waals surface area contributed by atoms with Gasteiger partial charge in [0.25, 0.3) is 5.91 Å². The SMILES string of the molecule is COc1ccc(S(=O)(=O)N2CCCCC2)cc1NC(=O)COC(=O)/C=C/c1ccc(C)o1. The molecule has 1 saturated heterocycles. The van der Waals surface area contributed by atoms with Crippen molar-refractivity contribution in [3.8, 4) is 5.75 Å². The highest BCUT2D eigenvalue weighted by molar-refractivity contribution is 7.89. The number of rotatable bonds is 8. The topological polar surface area (TPSA) is 115 Å². The number of ether oxygens (including phenoxy) is 2. The van der Waals surface area contributed by atoms with Gasteiger partial charge in [0.1, 0.15) is 17.3 Å². The number of anilines is 1. The van der Waals surface area contributed by atoms with E-state index in [2.05, 4.69) is 5.32 Å². The normalized spacial score (nSPS) is 14.9. The summed E-state index contributed by atoms with van der Waals surface area (Å²) in [5.41, 5.74) is 0.174. The summed E-state index contributed by atoms with van der Waals surface area (Å²) in [4.78, 5) is 24.2. The predicted octanol–water partition coefficient (Wildman–Crippen LogP) is 2.97. The molecule has 0 atom stereocenters. The third kappa shape index (κ3) is 5.98. The summed E-state index contributed by atoms with van der Waals surface area (Å²) in [6.07, 6.45) is 5.23. The minimum Gasteiger partial charge on any atom is -0.495 e. The summed E-state index contributed by atoms with van der Waals surface area (Å²) in [5.74, 6) is 0.126. The standard InChI is InChI=1S/C22H26N2O7S/c1-16-6-7-17(31-16)8-11-22(26)30-15-21(25)23-19-14-18(9-10-20(19)29-2)32(27,28)24-12-4-3-5-13-24/h6-11,14H,3-5,12-13,15H2,1-2H3,(H,23,25)/b11-8+. The van der Waals surface area contributed by atoms with Gasteiger partial charge >= 0.3 is 5.97 Å². The number of furan rings is 1. The van der Waals surface area contributed by atoms with Gasteiger partial charge in [-0.05, 0) is 56.2 Å². The second-order valence-electron chi connectivity index (χ2n) is 7.26. The molecule has 0 spiro atoms. The summed E-state index contributed by atoms with van der Waals surface area (Å²) < 4.78 is 42.7. The molecular formula is C22H26N2O7S. The molecule has 0 radical (unpaired) electrons. The fourth-order valence-electron chi connectivity index (χ4n) is 3.26. The van der Waals surface area contributed by atoms with Crippen molar-refractivity contribution in [1.82, 2.24) is 4.31 Å². The first kappa shape index (κ1) is 23.6. The fraction of sp³-hybridized carbons (Fsp3) is 0.364. The molecule has 9 nitrogen and oxygen atoms in total. The minimum atomic E-state index is -3.68. The third-order valence-corrected chi connectivity index (χ3v) is 6.78. The van der Waals surface area contributed by atoms with E-state index in [1.54, 1.807) is 19.1 Å². The molecule has 10 heteroatoms. The van der Waals surface area contributed by atoms with Crippen molar-refractivity contribution >= 4 is 33.7 Å². The van der Waals surface area contributed by atoms with Crippen LogP contribution in [0.2, 0.25) is 0 Å². The first-order valence-electron chi connectivity index (χ1n) is 10.2. The highest BCUT2D eigenvalue weighted by atomic mass is 32.2. The molecule has 172 valence electrons. The van der Waals surface area contributed by atoms with E-state index in [4.69, 9.17) is 13.9 Å². The Morgan fingerprint density at radius 3 is 2.56 bits per heavy atom. The quantitative estimate of drug-likeness (QED) is 0.474. The van der Waals surface area contributed by atoms with Crippen molar-refractivity contribution in [3.05, 3.63) is 47.9 Å². The molecule has 3 rings (SSSR count). The maximum Gasteiger partial charge on any atom is 0.331 e. The molecule has 0 bridgehead atoms. The van der Waals surface area contributed by atoms with Crippen LogP contribution in [-0.4, -0.2) is 51.4 Å². The van der Waals surface area contributed by atoms with Crippen molar-refractivity contribution in [2.75, 3.05) is 32.1 Å². The first-order valence-corrected chi connectivity index (χ1v) is 11.6. The van der Waals surface area contributed by atoms with Crippen LogP contribution in [0, 0.1) is 6.92 Å². The highest BCUT2D eigenvalue weighted by Crippen LogP contribution is 2.30. The van der Waals surface area contributed by atoms with E-state index in [1.807, 2.05) is 0 Å². The Bertz CT molecular complexity index is 1100. The monoisotopic (exact) mass is 462 g/mol. The molecule has 2 aromatic rings. The fourth-order valence-corrected chi connectivity index (χ4v) is 4.81. The molecule has 32 heavy (non-hydrogen) atoms. The van der Waals surface area contributed by atoms with Gasteiger partial charge in [0, 0.05) is 19.2 Å². The second kappa shape index (κ2) is 10.5. The number of sulfonamides is 1. The number of esters is 1. The predicted molar refractivity (Wildman–Crippen MR) is 118 cm³/mol. The number of hydrogen-bond donors (Lipinski definition) is 1.